The van der Waals surface area contributed by atoms with E-state index in [1.54, 1.807) is 49.4 Å². The summed E-state index contributed by atoms with van der Waals surface area (Å²) in [5, 5.41) is 2.69. The number of hydrogen-bond donors (Lipinski definition) is 1. The number of esters is 1. The minimum absolute atomic E-state index is 0.0685. The van der Waals surface area contributed by atoms with Crippen molar-refractivity contribution in [3.63, 3.8) is 0 Å². The standard InChI is InChI=1S/C21H23FN2O4/c1-3-28-21(27)16-8-10-18(11-9-16)24(15(2)25)13-12-23-20(26)14-17-6-4-5-7-19(17)22/h4-11H,3,12-14H2,1-2H3,(H,23,26). The topological polar surface area (TPSA) is 75.7 Å². The third-order valence-electron chi connectivity index (χ3n) is 4.04. The Labute approximate surface area is 163 Å². The lowest BCUT2D eigenvalue weighted by Crippen LogP contribution is -2.38. The Kier molecular flexibility index (Phi) is 7.68. The van der Waals surface area contributed by atoms with Crippen molar-refractivity contribution < 1.29 is 23.5 Å². The molecule has 0 unspecified atom stereocenters. The first-order valence-electron chi connectivity index (χ1n) is 8.97. The Balaban J connectivity index is 1.92. The summed E-state index contributed by atoms with van der Waals surface area (Å²) in [5.41, 5.74) is 1.31. The maximum atomic E-state index is 13.6. The number of carbonyl (C=O) groups excluding carboxylic acids is 3. The van der Waals surface area contributed by atoms with Crippen LogP contribution in [0.4, 0.5) is 10.1 Å². The van der Waals surface area contributed by atoms with Gasteiger partial charge in [0.1, 0.15) is 5.82 Å². The van der Waals surface area contributed by atoms with Crippen molar-refractivity contribution in [1.82, 2.24) is 5.32 Å². The minimum Gasteiger partial charge on any atom is -0.462 e. The average Bonchev–Trinajstić information content (AvgIpc) is 2.67. The van der Waals surface area contributed by atoms with Gasteiger partial charge in [0.2, 0.25) is 11.8 Å². The van der Waals surface area contributed by atoms with Gasteiger partial charge in [-0.1, -0.05) is 18.2 Å². The van der Waals surface area contributed by atoms with Crippen LogP contribution in [0.1, 0.15) is 29.8 Å². The van der Waals surface area contributed by atoms with Gasteiger partial charge in [0.15, 0.2) is 0 Å². The fourth-order valence-electron chi connectivity index (χ4n) is 2.64. The highest BCUT2D eigenvalue weighted by Crippen LogP contribution is 2.16. The van der Waals surface area contributed by atoms with Gasteiger partial charge in [-0.15, -0.1) is 0 Å². The van der Waals surface area contributed by atoms with Crippen LogP contribution in [0.5, 0.6) is 0 Å². The molecule has 0 bridgehead atoms. The molecule has 2 amide bonds. The maximum absolute atomic E-state index is 13.6. The minimum atomic E-state index is -0.427. The quantitative estimate of drug-likeness (QED) is 0.708. The molecule has 0 spiro atoms. The lowest BCUT2D eigenvalue weighted by atomic mass is 10.1. The van der Waals surface area contributed by atoms with Crippen LogP contribution in [-0.2, 0) is 20.7 Å². The molecule has 0 aliphatic heterocycles. The number of nitrogens with zero attached hydrogens (tertiary/aromatic N) is 1. The zero-order chi connectivity index (χ0) is 20.5. The normalized spacial score (nSPS) is 10.2. The van der Waals surface area contributed by atoms with Crippen LogP contribution in [0, 0.1) is 5.82 Å². The highest BCUT2D eigenvalue weighted by atomic mass is 19.1. The van der Waals surface area contributed by atoms with Crippen LogP contribution < -0.4 is 10.2 Å². The smallest absolute Gasteiger partial charge is 0.338 e. The number of anilines is 1. The van der Waals surface area contributed by atoms with E-state index in [4.69, 9.17) is 4.74 Å². The van der Waals surface area contributed by atoms with Gasteiger partial charge in [-0.2, -0.15) is 0 Å². The van der Waals surface area contributed by atoms with Crippen molar-refractivity contribution in [1.29, 1.82) is 0 Å². The predicted molar refractivity (Wildman–Crippen MR) is 104 cm³/mol. The summed E-state index contributed by atoms with van der Waals surface area (Å²) in [6.45, 7) is 3.89. The molecular weight excluding hydrogens is 363 g/mol. The molecule has 0 radical (unpaired) electrons. The molecule has 2 rings (SSSR count). The summed E-state index contributed by atoms with van der Waals surface area (Å²) < 4.78 is 18.5. The molecule has 2 aromatic carbocycles. The monoisotopic (exact) mass is 386 g/mol. The summed E-state index contributed by atoms with van der Waals surface area (Å²) >= 11 is 0. The molecule has 2 aromatic rings. The van der Waals surface area contributed by atoms with Gasteiger partial charge in [-0.25, -0.2) is 9.18 Å². The van der Waals surface area contributed by atoms with Crippen LogP contribution in [0.15, 0.2) is 48.5 Å². The maximum Gasteiger partial charge on any atom is 0.338 e. The Bertz CT molecular complexity index is 837. The molecule has 7 heteroatoms. The van der Waals surface area contributed by atoms with Crippen molar-refractivity contribution >= 4 is 23.5 Å². The third kappa shape index (κ3) is 5.90. The van der Waals surface area contributed by atoms with Crippen molar-refractivity contribution in [2.24, 2.45) is 0 Å². The van der Waals surface area contributed by atoms with E-state index in [1.165, 1.54) is 17.9 Å². The number of nitrogens with one attached hydrogen (secondary N) is 1. The van der Waals surface area contributed by atoms with E-state index in [0.29, 0.717) is 16.8 Å². The van der Waals surface area contributed by atoms with Gasteiger partial charge in [0, 0.05) is 25.7 Å². The van der Waals surface area contributed by atoms with E-state index in [0.717, 1.165) is 0 Å². The molecule has 0 saturated heterocycles. The van der Waals surface area contributed by atoms with E-state index >= 15 is 0 Å². The highest BCUT2D eigenvalue weighted by Gasteiger charge is 2.14. The predicted octanol–water partition coefficient (Wildman–Crippen LogP) is 2.71. The van der Waals surface area contributed by atoms with Crippen LogP contribution in [0.3, 0.4) is 0 Å². The summed E-state index contributed by atoms with van der Waals surface area (Å²) in [5.74, 6) is -1.38. The first kappa shape index (κ1) is 21.1. The summed E-state index contributed by atoms with van der Waals surface area (Å²) in [4.78, 5) is 37.1. The molecule has 1 N–H and O–H groups in total. The number of halogens is 1. The molecule has 0 fully saturated rings. The molecule has 0 heterocycles. The lowest BCUT2D eigenvalue weighted by molar-refractivity contribution is -0.121. The summed E-state index contributed by atoms with van der Waals surface area (Å²) in [6.07, 6.45) is -0.0685. The van der Waals surface area contributed by atoms with Crippen molar-refractivity contribution in [2.45, 2.75) is 20.3 Å². The number of ether oxygens (including phenoxy) is 1. The molecule has 0 saturated carbocycles. The van der Waals surface area contributed by atoms with Crippen LogP contribution in [0.25, 0.3) is 0 Å². The number of amides is 2. The Morgan fingerprint density at radius 2 is 1.75 bits per heavy atom. The summed E-state index contributed by atoms with van der Waals surface area (Å²) in [7, 11) is 0. The zero-order valence-electron chi connectivity index (χ0n) is 15.9. The second kappa shape index (κ2) is 10.2. The fraction of sp³-hybridized carbons (Fsp3) is 0.286. The Morgan fingerprint density at radius 1 is 1.07 bits per heavy atom. The second-order valence-corrected chi connectivity index (χ2v) is 6.06. The van der Waals surface area contributed by atoms with Crippen LogP contribution >= 0.6 is 0 Å². The number of benzene rings is 2. The zero-order valence-corrected chi connectivity index (χ0v) is 15.9. The molecule has 0 aliphatic rings. The largest absolute Gasteiger partial charge is 0.462 e. The van der Waals surface area contributed by atoms with Crippen molar-refractivity contribution in [2.75, 3.05) is 24.6 Å². The molecule has 0 atom stereocenters. The van der Waals surface area contributed by atoms with Gasteiger partial charge in [-0.05, 0) is 42.8 Å². The van der Waals surface area contributed by atoms with Gasteiger partial charge in [0.05, 0.1) is 18.6 Å². The number of hydrogen-bond acceptors (Lipinski definition) is 4. The van der Waals surface area contributed by atoms with E-state index in [-0.39, 0.29) is 37.9 Å². The first-order valence-corrected chi connectivity index (χ1v) is 8.97. The Morgan fingerprint density at radius 3 is 2.36 bits per heavy atom. The third-order valence-corrected chi connectivity index (χ3v) is 4.04. The molecule has 0 aliphatic carbocycles. The molecule has 148 valence electrons. The average molecular weight is 386 g/mol. The fourth-order valence-corrected chi connectivity index (χ4v) is 2.64. The first-order chi connectivity index (χ1) is 13.4. The van der Waals surface area contributed by atoms with E-state index < -0.39 is 11.8 Å². The van der Waals surface area contributed by atoms with E-state index in [1.807, 2.05) is 0 Å². The molecule has 6 nitrogen and oxygen atoms in total. The SMILES string of the molecule is CCOC(=O)c1ccc(N(CCNC(=O)Cc2ccccc2F)C(C)=O)cc1. The summed E-state index contributed by atoms with van der Waals surface area (Å²) in [6, 6.07) is 12.6. The highest BCUT2D eigenvalue weighted by molar-refractivity contribution is 5.93. The van der Waals surface area contributed by atoms with Gasteiger partial charge in [-0.3, -0.25) is 9.59 Å². The van der Waals surface area contributed by atoms with Gasteiger partial charge >= 0.3 is 5.97 Å². The molecule has 28 heavy (non-hydrogen) atoms. The van der Waals surface area contributed by atoms with E-state index in [9.17, 15) is 18.8 Å². The van der Waals surface area contributed by atoms with E-state index in [2.05, 4.69) is 5.32 Å². The number of rotatable bonds is 8. The number of carbonyl (C=O) groups is 3. The van der Waals surface area contributed by atoms with Gasteiger partial charge < -0.3 is 15.0 Å². The lowest BCUT2D eigenvalue weighted by Gasteiger charge is -2.21. The molecular formula is C21H23FN2O4. The Hall–Kier alpha value is -3.22. The second-order valence-electron chi connectivity index (χ2n) is 6.06. The van der Waals surface area contributed by atoms with Crippen LogP contribution in [0.2, 0.25) is 0 Å². The van der Waals surface area contributed by atoms with Crippen molar-refractivity contribution in [3.05, 3.63) is 65.5 Å². The molecule has 0 aromatic heterocycles. The van der Waals surface area contributed by atoms with Gasteiger partial charge in [0.25, 0.3) is 0 Å². The van der Waals surface area contributed by atoms with Crippen LogP contribution in [-0.4, -0.2) is 37.5 Å². The van der Waals surface area contributed by atoms with Crippen molar-refractivity contribution in [3.8, 4) is 0 Å².